The summed E-state index contributed by atoms with van der Waals surface area (Å²) in [7, 11) is 3.28. The van der Waals surface area contributed by atoms with Crippen molar-refractivity contribution in [1.82, 2.24) is 10.6 Å². The van der Waals surface area contributed by atoms with Crippen LogP contribution in [0.5, 0.6) is 5.75 Å². The first kappa shape index (κ1) is 23.2. The molecule has 27 heavy (non-hydrogen) atoms. The molecule has 0 heterocycles. The summed E-state index contributed by atoms with van der Waals surface area (Å²) >= 11 is 0. The fraction of sp³-hybridized carbons (Fsp3) is 0.350. The van der Waals surface area contributed by atoms with Crippen LogP contribution in [-0.4, -0.2) is 33.3 Å². The van der Waals surface area contributed by atoms with Crippen LogP contribution >= 0.6 is 24.0 Å². The second-order valence-electron chi connectivity index (χ2n) is 5.70. The monoisotopic (exact) mass is 487 g/mol. The molecule has 1 unspecified atom stereocenters. The number of methoxy groups -OCH3 is 2. The molecular weight excluding hydrogens is 460 g/mol. The van der Waals surface area contributed by atoms with Crippen molar-refractivity contribution in [2.24, 2.45) is 4.99 Å². The van der Waals surface area contributed by atoms with Crippen LogP contribution in [0.1, 0.15) is 24.2 Å². The molecule has 0 aliphatic carbocycles. The Labute approximate surface area is 177 Å². The van der Waals surface area contributed by atoms with Crippen molar-refractivity contribution in [3.63, 3.8) is 0 Å². The maximum atomic E-state index is 13.1. The number of ether oxygens (including phenoxy) is 2. The van der Waals surface area contributed by atoms with Gasteiger partial charge < -0.3 is 20.1 Å². The van der Waals surface area contributed by atoms with Crippen molar-refractivity contribution in [2.45, 2.75) is 19.6 Å². The van der Waals surface area contributed by atoms with E-state index >= 15 is 0 Å². The van der Waals surface area contributed by atoms with Crippen molar-refractivity contribution >= 4 is 29.9 Å². The van der Waals surface area contributed by atoms with Gasteiger partial charge in [-0.25, -0.2) is 9.38 Å². The number of nitrogens with zero attached hydrogens (tertiary/aromatic N) is 1. The van der Waals surface area contributed by atoms with E-state index < -0.39 is 0 Å². The van der Waals surface area contributed by atoms with Crippen LogP contribution in [0, 0.1) is 5.82 Å². The zero-order valence-corrected chi connectivity index (χ0v) is 18.2. The van der Waals surface area contributed by atoms with Crippen molar-refractivity contribution in [1.29, 1.82) is 0 Å². The van der Waals surface area contributed by atoms with E-state index in [2.05, 4.69) is 15.6 Å². The second-order valence-corrected chi connectivity index (χ2v) is 5.70. The molecule has 0 fully saturated rings. The summed E-state index contributed by atoms with van der Waals surface area (Å²) in [6.07, 6.45) is -0.198. The molecule has 0 spiro atoms. The summed E-state index contributed by atoms with van der Waals surface area (Å²) in [5, 5.41) is 6.49. The Morgan fingerprint density at radius 2 is 1.85 bits per heavy atom. The van der Waals surface area contributed by atoms with E-state index in [4.69, 9.17) is 9.47 Å². The predicted molar refractivity (Wildman–Crippen MR) is 117 cm³/mol. The third-order valence-electron chi connectivity index (χ3n) is 3.88. The number of rotatable bonds is 8. The minimum absolute atomic E-state index is 0. The minimum Gasteiger partial charge on any atom is -0.497 e. The van der Waals surface area contributed by atoms with Crippen molar-refractivity contribution in [3.8, 4) is 5.75 Å². The van der Waals surface area contributed by atoms with Gasteiger partial charge in [-0.1, -0.05) is 24.3 Å². The van der Waals surface area contributed by atoms with Crippen molar-refractivity contribution in [2.75, 3.05) is 27.3 Å². The van der Waals surface area contributed by atoms with Gasteiger partial charge in [-0.3, -0.25) is 0 Å². The molecule has 0 radical (unpaired) electrons. The predicted octanol–water partition coefficient (Wildman–Crippen LogP) is 3.90. The Bertz CT molecular complexity index is 711. The van der Waals surface area contributed by atoms with E-state index in [1.165, 1.54) is 12.1 Å². The number of nitrogens with one attached hydrogen (secondary N) is 2. The molecule has 2 N–H and O–H groups in total. The van der Waals surface area contributed by atoms with Gasteiger partial charge in [0.1, 0.15) is 11.6 Å². The van der Waals surface area contributed by atoms with E-state index in [-0.39, 0.29) is 35.9 Å². The normalized spacial score (nSPS) is 12.1. The highest BCUT2D eigenvalue weighted by Crippen LogP contribution is 2.16. The van der Waals surface area contributed by atoms with Gasteiger partial charge in [-0.15, -0.1) is 24.0 Å². The molecule has 0 amide bonds. The fourth-order valence-corrected chi connectivity index (χ4v) is 2.49. The fourth-order valence-electron chi connectivity index (χ4n) is 2.49. The lowest BCUT2D eigenvalue weighted by atomic mass is 10.1. The van der Waals surface area contributed by atoms with Gasteiger partial charge in [0.15, 0.2) is 5.96 Å². The number of guanidine groups is 1. The molecule has 0 saturated heterocycles. The first-order valence-corrected chi connectivity index (χ1v) is 8.59. The maximum absolute atomic E-state index is 13.1. The molecule has 2 rings (SSSR count). The van der Waals surface area contributed by atoms with Gasteiger partial charge in [0.2, 0.25) is 0 Å². The first-order chi connectivity index (χ1) is 12.7. The Morgan fingerprint density at radius 3 is 2.48 bits per heavy atom. The molecule has 0 aliphatic rings. The smallest absolute Gasteiger partial charge is 0.191 e. The lowest BCUT2D eigenvalue weighted by Crippen LogP contribution is -2.39. The molecule has 0 aromatic heterocycles. The van der Waals surface area contributed by atoms with Crippen LogP contribution < -0.4 is 15.4 Å². The van der Waals surface area contributed by atoms with Crippen LogP contribution in [0.15, 0.2) is 53.5 Å². The van der Waals surface area contributed by atoms with Gasteiger partial charge in [0.05, 0.1) is 19.8 Å². The summed E-state index contributed by atoms with van der Waals surface area (Å²) in [5.74, 6) is 1.25. The van der Waals surface area contributed by atoms with E-state index in [1.54, 1.807) is 26.4 Å². The van der Waals surface area contributed by atoms with Gasteiger partial charge in [0.25, 0.3) is 0 Å². The standard InChI is InChI=1S/C20H26FN3O2.HI/c1-4-22-20(23-13-15-6-5-7-18(12-15)25-2)24-14-19(26-3)16-8-10-17(21)11-9-16;/h5-12,19H,4,13-14H2,1-3H3,(H2,22,23,24);1H. The SMILES string of the molecule is CCNC(=NCc1cccc(OC)c1)NCC(OC)c1ccc(F)cc1.I. The maximum Gasteiger partial charge on any atom is 0.191 e. The van der Waals surface area contributed by atoms with Gasteiger partial charge in [0, 0.05) is 20.2 Å². The lowest BCUT2D eigenvalue weighted by Gasteiger charge is -2.18. The summed E-state index contributed by atoms with van der Waals surface area (Å²) < 4.78 is 23.8. The Balaban J connectivity index is 0.00000364. The number of hydrogen-bond acceptors (Lipinski definition) is 3. The minimum atomic E-state index is -0.259. The summed E-state index contributed by atoms with van der Waals surface area (Å²) in [6, 6.07) is 14.1. The highest BCUT2D eigenvalue weighted by atomic mass is 127. The Morgan fingerprint density at radius 1 is 1.11 bits per heavy atom. The van der Waals surface area contributed by atoms with E-state index in [9.17, 15) is 4.39 Å². The highest BCUT2D eigenvalue weighted by Gasteiger charge is 2.11. The number of hydrogen-bond donors (Lipinski definition) is 2. The number of benzene rings is 2. The Hall–Kier alpha value is -1.87. The van der Waals surface area contributed by atoms with E-state index in [0.29, 0.717) is 19.0 Å². The molecular formula is C20H27FIN3O2. The third-order valence-corrected chi connectivity index (χ3v) is 3.88. The zero-order valence-electron chi connectivity index (χ0n) is 15.9. The average Bonchev–Trinajstić information content (AvgIpc) is 2.67. The van der Waals surface area contributed by atoms with Crippen molar-refractivity contribution in [3.05, 3.63) is 65.5 Å². The Kier molecular flexibility index (Phi) is 10.7. The molecule has 7 heteroatoms. The summed E-state index contributed by atoms with van der Waals surface area (Å²) in [6.45, 7) is 3.81. The quantitative estimate of drug-likeness (QED) is 0.337. The molecule has 5 nitrogen and oxygen atoms in total. The van der Waals surface area contributed by atoms with Crippen LogP contribution in [0.3, 0.4) is 0 Å². The summed E-state index contributed by atoms with van der Waals surface area (Å²) in [5.41, 5.74) is 1.97. The van der Waals surface area contributed by atoms with Gasteiger partial charge in [-0.05, 0) is 42.3 Å². The van der Waals surface area contributed by atoms with E-state index in [0.717, 1.165) is 23.4 Å². The second kappa shape index (κ2) is 12.5. The van der Waals surface area contributed by atoms with Crippen LogP contribution in [0.4, 0.5) is 4.39 Å². The van der Waals surface area contributed by atoms with Gasteiger partial charge in [-0.2, -0.15) is 0 Å². The molecule has 2 aromatic carbocycles. The lowest BCUT2D eigenvalue weighted by molar-refractivity contribution is 0.106. The number of aliphatic imine (C=N–C) groups is 1. The zero-order chi connectivity index (χ0) is 18.8. The topological polar surface area (TPSA) is 54.9 Å². The molecule has 1 atom stereocenters. The van der Waals surface area contributed by atoms with Crippen molar-refractivity contribution < 1.29 is 13.9 Å². The molecule has 0 aliphatic heterocycles. The largest absolute Gasteiger partial charge is 0.497 e. The molecule has 2 aromatic rings. The first-order valence-electron chi connectivity index (χ1n) is 8.59. The van der Waals surface area contributed by atoms with Crippen LogP contribution in [-0.2, 0) is 11.3 Å². The van der Waals surface area contributed by atoms with Crippen LogP contribution in [0.25, 0.3) is 0 Å². The van der Waals surface area contributed by atoms with Gasteiger partial charge >= 0.3 is 0 Å². The molecule has 148 valence electrons. The average molecular weight is 487 g/mol. The third kappa shape index (κ3) is 7.72. The summed E-state index contributed by atoms with van der Waals surface area (Å²) in [4.78, 5) is 4.60. The highest BCUT2D eigenvalue weighted by molar-refractivity contribution is 14.0. The van der Waals surface area contributed by atoms with E-state index in [1.807, 2.05) is 31.2 Å². The molecule has 0 saturated carbocycles. The molecule has 0 bridgehead atoms. The number of halogens is 2. The van der Waals surface area contributed by atoms with Crippen LogP contribution in [0.2, 0.25) is 0 Å².